The van der Waals surface area contributed by atoms with Crippen molar-refractivity contribution >= 4 is 32.7 Å². The number of H-pyrrole nitrogens is 1. The van der Waals surface area contributed by atoms with Gasteiger partial charge in [-0.2, -0.15) is 5.10 Å². The molecule has 7 nitrogen and oxygen atoms in total. The quantitative estimate of drug-likeness (QED) is 0.681. The van der Waals surface area contributed by atoms with E-state index in [-0.39, 0.29) is 11.2 Å². The van der Waals surface area contributed by atoms with Gasteiger partial charge in [0.25, 0.3) is 0 Å². The van der Waals surface area contributed by atoms with Crippen molar-refractivity contribution in [1.82, 2.24) is 24.1 Å². The van der Waals surface area contributed by atoms with Gasteiger partial charge in [-0.3, -0.25) is 4.68 Å². The van der Waals surface area contributed by atoms with Crippen LogP contribution in [0.5, 0.6) is 0 Å². The predicted octanol–water partition coefficient (Wildman–Crippen LogP) is 3.56. The molecule has 1 N–H and O–H groups in total. The molecule has 0 bridgehead atoms. The third-order valence-corrected chi connectivity index (χ3v) is 8.83. The Morgan fingerprint density at radius 3 is 2.72 bits per heavy atom. The van der Waals surface area contributed by atoms with Crippen LogP contribution in [-0.2, 0) is 22.0 Å². The summed E-state index contributed by atoms with van der Waals surface area (Å²) in [4.78, 5) is 7.51. The number of hydrogen-bond donors (Lipinski definition) is 1. The summed E-state index contributed by atoms with van der Waals surface area (Å²) in [5, 5.41) is 6.36. The number of nitrogens with one attached hydrogen (secondary N) is 1. The number of rotatable bonds is 4. The van der Waals surface area contributed by atoms with E-state index in [1.165, 1.54) is 5.69 Å². The zero-order valence-electron chi connectivity index (χ0n) is 16.4. The summed E-state index contributed by atoms with van der Waals surface area (Å²) >= 11 is 6.25. The van der Waals surface area contributed by atoms with E-state index < -0.39 is 10.0 Å². The number of hydrogen-bond acceptors (Lipinski definition) is 4. The van der Waals surface area contributed by atoms with Crippen molar-refractivity contribution in [3.05, 3.63) is 35.2 Å². The number of nitrogens with zero attached hydrogens (tertiary/aromatic N) is 4. The van der Waals surface area contributed by atoms with E-state index in [2.05, 4.69) is 20.7 Å². The first kappa shape index (κ1) is 19.1. The second kappa shape index (κ2) is 6.82. The van der Waals surface area contributed by atoms with Crippen molar-refractivity contribution in [3.8, 4) is 11.3 Å². The van der Waals surface area contributed by atoms with Crippen LogP contribution in [0.2, 0.25) is 5.02 Å². The van der Waals surface area contributed by atoms with Gasteiger partial charge in [0.05, 0.1) is 16.5 Å². The van der Waals surface area contributed by atoms with Gasteiger partial charge in [0, 0.05) is 54.1 Å². The van der Waals surface area contributed by atoms with Gasteiger partial charge < -0.3 is 4.98 Å². The van der Waals surface area contributed by atoms with Crippen LogP contribution in [0.25, 0.3) is 22.3 Å². The number of pyridine rings is 1. The van der Waals surface area contributed by atoms with Crippen LogP contribution in [0.4, 0.5) is 0 Å². The Morgan fingerprint density at radius 1 is 1.21 bits per heavy atom. The van der Waals surface area contributed by atoms with E-state index >= 15 is 0 Å². The molecule has 0 aliphatic carbocycles. The van der Waals surface area contributed by atoms with E-state index in [9.17, 15) is 8.42 Å². The molecule has 5 heterocycles. The molecule has 3 aromatic rings. The van der Waals surface area contributed by atoms with E-state index in [1.54, 1.807) is 10.5 Å². The second-order valence-electron chi connectivity index (χ2n) is 8.14. The Labute approximate surface area is 175 Å². The van der Waals surface area contributed by atoms with Gasteiger partial charge in [0.1, 0.15) is 5.65 Å². The highest BCUT2D eigenvalue weighted by molar-refractivity contribution is 7.89. The Balaban J connectivity index is 1.42. The van der Waals surface area contributed by atoms with Crippen molar-refractivity contribution in [2.75, 3.05) is 18.8 Å². The molecular formula is C20H24ClN5O2S. The van der Waals surface area contributed by atoms with Crippen LogP contribution in [0.1, 0.15) is 38.3 Å². The number of halogens is 1. The fourth-order valence-corrected chi connectivity index (χ4v) is 6.51. The number of aryl methyl sites for hydroxylation is 1. The maximum Gasteiger partial charge on any atom is 0.214 e. The normalized spacial score (nSPS) is 19.2. The summed E-state index contributed by atoms with van der Waals surface area (Å²) in [6.07, 6.45) is 6.94. The van der Waals surface area contributed by atoms with Gasteiger partial charge in [-0.15, -0.1) is 0 Å². The Kier molecular flexibility index (Phi) is 4.49. The molecule has 0 atom stereocenters. The standard InChI is InChI=1S/C20H24ClN5O2S/c1-2-9-29(27,28)25-6-3-20(4-7-25)5-8-26-18(20)11-17(24-26)14-10-15-16(21)13-23-19(15)22-12-14/h10-13H,2-9H2,1H3,(H,22,23). The Hall–Kier alpha value is -1.90. The average molecular weight is 434 g/mol. The lowest BCUT2D eigenvalue weighted by Crippen LogP contribution is -2.45. The fourth-order valence-electron chi connectivity index (χ4n) is 4.80. The van der Waals surface area contributed by atoms with Crippen LogP contribution in [0.3, 0.4) is 0 Å². The molecule has 2 aliphatic rings. The Morgan fingerprint density at radius 2 is 1.97 bits per heavy atom. The van der Waals surface area contributed by atoms with Crippen LogP contribution in [0.15, 0.2) is 24.5 Å². The van der Waals surface area contributed by atoms with Crippen molar-refractivity contribution < 1.29 is 8.42 Å². The largest absolute Gasteiger partial charge is 0.345 e. The van der Waals surface area contributed by atoms with Gasteiger partial charge >= 0.3 is 0 Å². The lowest BCUT2D eigenvalue weighted by molar-refractivity contribution is 0.232. The molecule has 1 spiro atoms. The van der Waals surface area contributed by atoms with E-state index in [1.807, 2.05) is 19.2 Å². The third kappa shape index (κ3) is 3.08. The average Bonchev–Trinajstić information content (AvgIpc) is 3.38. The molecule has 0 amide bonds. The highest BCUT2D eigenvalue weighted by Crippen LogP contribution is 2.45. The molecule has 0 saturated carbocycles. The first-order valence-electron chi connectivity index (χ1n) is 10.1. The van der Waals surface area contributed by atoms with Crippen molar-refractivity contribution in [2.24, 2.45) is 0 Å². The minimum atomic E-state index is -3.13. The molecule has 0 aromatic carbocycles. The predicted molar refractivity (Wildman–Crippen MR) is 114 cm³/mol. The first-order chi connectivity index (χ1) is 13.9. The topological polar surface area (TPSA) is 83.9 Å². The summed E-state index contributed by atoms with van der Waals surface area (Å²) in [6, 6.07) is 4.18. The van der Waals surface area contributed by atoms with Crippen LogP contribution in [0, 0.1) is 0 Å². The monoisotopic (exact) mass is 433 g/mol. The van der Waals surface area contributed by atoms with E-state index in [0.29, 0.717) is 24.5 Å². The van der Waals surface area contributed by atoms with Gasteiger partial charge in [-0.25, -0.2) is 17.7 Å². The SMILES string of the molecule is CCCS(=O)(=O)N1CCC2(CC1)CCn1nc(-c3cnc4[nH]cc(Cl)c4c3)cc12. The van der Waals surface area contributed by atoms with Gasteiger partial charge in [-0.1, -0.05) is 18.5 Å². The van der Waals surface area contributed by atoms with Crippen LogP contribution < -0.4 is 0 Å². The summed E-state index contributed by atoms with van der Waals surface area (Å²) < 4.78 is 28.6. The third-order valence-electron chi connectivity index (χ3n) is 6.44. The molecule has 29 heavy (non-hydrogen) atoms. The maximum absolute atomic E-state index is 12.4. The van der Waals surface area contributed by atoms with Gasteiger partial charge in [0.15, 0.2) is 0 Å². The van der Waals surface area contributed by atoms with Gasteiger partial charge in [0.2, 0.25) is 10.0 Å². The lowest BCUT2D eigenvalue weighted by atomic mass is 9.75. The highest BCUT2D eigenvalue weighted by Gasteiger charge is 2.44. The zero-order chi connectivity index (χ0) is 20.2. The molecule has 3 aromatic heterocycles. The second-order valence-corrected chi connectivity index (χ2v) is 10.6. The molecular weight excluding hydrogens is 410 g/mol. The first-order valence-corrected chi connectivity index (χ1v) is 12.1. The fraction of sp³-hybridized carbons (Fsp3) is 0.500. The smallest absolute Gasteiger partial charge is 0.214 e. The van der Waals surface area contributed by atoms with Crippen molar-refractivity contribution in [1.29, 1.82) is 0 Å². The van der Waals surface area contributed by atoms with Gasteiger partial charge in [-0.05, 0) is 37.8 Å². The minimum Gasteiger partial charge on any atom is -0.345 e. The van der Waals surface area contributed by atoms with E-state index in [0.717, 1.165) is 48.1 Å². The molecule has 5 rings (SSSR count). The van der Waals surface area contributed by atoms with Crippen LogP contribution >= 0.6 is 11.6 Å². The molecule has 1 saturated heterocycles. The number of sulfonamides is 1. The van der Waals surface area contributed by atoms with E-state index in [4.69, 9.17) is 16.7 Å². The summed E-state index contributed by atoms with van der Waals surface area (Å²) in [6.45, 7) is 3.97. The molecule has 9 heteroatoms. The maximum atomic E-state index is 12.4. The summed E-state index contributed by atoms with van der Waals surface area (Å²) in [5.41, 5.74) is 3.85. The molecule has 1 fully saturated rings. The molecule has 2 aliphatic heterocycles. The van der Waals surface area contributed by atoms with Crippen molar-refractivity contribution in [2.45, 2.75) is 44.6 Å². The number of aromatic nitrogens is 4. The molecule has 0 unspecified atom stereocenters. The number of piperidine rings is 1. The summed E-state index contributed by atoms with van der Waals surface area (Å²) in [5.74, 6) is 0.235. The number of fused-ring (bicyclic) bond motifs is 3. The molecule has 0 radical (unpaired) electrons. The minimum absolute atomic E-state index is 0.0206. The zero-order valence-corrected chi connectivity index (χ0v) is 17.9. The Bertz CT molecular complexity index is 1170. The lowest BCUT2D eigenvalue weighted by Gasteiger charge is -2.38. The van der Waals surface area contributed by atoms with Crippen LogP contribution in [-0.4, -0.2) is 51.3 Å². The number of aromatic amines is 1. The van der Waals surface area contributed by atoms with Crippen molar-refractivity contribution in [3.63, 3.8) is 0 Å². The summed E-state index contributed by atoms with van der Waals surface area (Å²) in [7, 11) is -3.13. The highest BCUT2D eigenvalue weighted by atomic mass is 35.5. The molecule has 154 valence electrons.